The molecule has 2 heterocycles. The van der Waals surface area contributed by atoms with Gasteiger partial charge in [-0.2, -0.15) is 0 Å². The number of rotatable bonds is 4. The van der Waals surface area contributed by atoms with Crippen LogP contribution in [0.15, 0.2) is 72.8 Å². The monoisotopic (exact) mass is 703 g/mol. The summed E-state index contributed by atoms with van der Waals surface area (Å²) < 4.78 is 0. The predicted molar refractivity (Wildman–Crippen MR) is 141 cm³/mol. The number of carbonyl (C=O) groups is 2. The van der Waals surface area contributed by atoms with Crippen molar-refractivity contribution in [1.29, 1.82) is 0 Å². The molecule has 0 unspecified atom stereocenters. The summed E-state index contributed by atoms with van der Waals surface area (Å²) in [5.74, 6) is -3.26. The fourth-order valence-corrected chi connectivity index (χ4v) is 3.36. The number of aromatic nitrogens is 4. The maximum absolute atomic E-state index is 11.0. The van der Waals surface area contributed by atoms with Gasteiger partial charge in [0.25, 0.3) is 0 Å². The third kappa shape index (κ3) is 8.60. The van der Waals surface area contributed by atoms with Gasteiger partial charge in [-0.15, -0.1) is 0 Å². The molecule has 0 atom stereocenters. The molecule has 2 aromatic carbocycles. The molecule has 4 aromatic rings. The molecule has 8 nitrogen and oxygen atoms in total. The SMILES string of the molecule is CC(C)(C)c1cc(-c2ccccc2)nc(C(=O)[O-])n1.CC(C)(C)c1cc(-c2ccccc2)nc(C(=O)[O-])n1.[Ir+3]. The van der Waals surface area contributed by atoms with Gasteiger partial charge in [0.2, 0.25) is 0 Å². The maximum Gasteiger partial charge on any atom is 3.00 e. The Hall–Kier alpha value is -3.81. The Bertz CT molecular complexity index is 1320. The van der Waals surface area contributed by atoms with Crippen LogP contribution in [0.2, 0.25) is 0 Å². The van der Waals surface area contributed by atoms with Crippen LogP contribution in [-0.4, -0.2) is 31.9 Å². The summed E-state index contributed by atoms with van der Waals surface area (Å²) in [4.78, 5) is 38.3. The smallest absolute Gasteiger partial charge is 0.542 e. The Kier molecular flexibility index (Phi) is 10.3. The van der Waals surface area contributed by atoms with Crippen LogP contribution in [-0.2, 0) is 30.9 Å². The summed E-state index contributed by atoms with van der Waals surface area (Å²) in [5, 5.41) is 22.1. The van der Waals surface area contributed by atoms with Gasteiger partial charge in [-0.25, -0.2) is 19.9 Å². The van der Waals surface area contributed by atoms with Crippen LogP contribution in [0.4, 0.5) is 0 Å². The Morgan fingerprint density at radius 3 is 1.13 bits per heavy atom. The summed E-state index contributed by atoms with van der Waals surface area (Å²) in [7, 11) is 0. The standard InChI is InChI=1S/2C15H16N2O2.Ir/c2*1-15(2,3)12-9-11(10-7-5-4-6-8-10)16-13(17-12)14(18)19;/h2*4-9H,1-3H3,(H,18,19);/q;;+3/p-2. The fraction of sp³-hybridized carbons (Fsp3) is 0.267. The molecule has 0 aliphatic heterocycles. The molecule has 39 heavy (non-hydrogen) atoms. The van der Waals surface area contributed by atoms with Gasteiger partial charge in [0.1, 0.15) is 11.9 Å². The summed E-state index contributed by atoms with van der Waals surface area (Å²) >= 11 is 0. The van der Waals surface area contributed by atoms with E-state index >= 15 is 0 Å². The maximum atomic E-state index is 11.0. The summed E-state index contributed by atoms with van der Waals surface area (Å²) in [6.45, 7) is 11.9. The van der Waals surface area contributed by atoms with E-state index in [9.17, 15) is 19.8 Å². The van der Waals surface area contributed by atoms with E-state index in [0.29, 0.717) is 22.8 Å². The van der Waals surface area contributed by atoms with Crippen LogP contribution in [0.1, 0.15) is 74.2 Å². The number of benzene rings is 2. The second kappa shape index (κ2) is 12.8. The Balaban J connectivity index is 0.000000267. The van der Waals surface area contributed by atoms with E-state index in [1.807, 2.05) is 114 Å². The molecular formula is C30H30IrN4O4+. The minimum atomic E-state index is -1.36. The van der Waals surface area contributed by atoms with Gasteiger partial charge in [-0.3, -0.25) is 0 Å². The van der Waals surface area contributed by atoms with Gasteiger partial charge >= 0.3 is 20.1 Å². The molecule has 0 aliphatic carbocycles. The van der Waals surface area contributed by atoms with Crippen molar-refractivity contribution < 1.29 is 39.9 Å². The molecule has 0 aliphatic rings. The molecule has 0 N–H and O–H groups in total. The zero-order valence-electron chi connectivity index (χ0n) is 22.7. The topological polar surface area (TPSA) is 132 Å². The Labute approximate surface area is 242 Å². The first-order chi connectivity index (χ1) is 17.8. The molecule has 0 amide bonds. The fourth-order valence-electron chi connectivity index (χ4n) is 3.36. The second-order valence-corrected chi connectivity index (χ2v) is 10.7. The van der Waals surface area contributed by atoms with Crippen LogP contribution in [0.5, 0.6) is 0 Å². The van der Waals surface area contributed by atoms with Gasteiger partial charge in [0.05, 0.1) is 22.8 Å². The molecule has 4 rings (SSSR count). The number of carboxylic acid groups (broad SMARTS) is 2. The van der Waals surface area contributed by atoms with Crippen LogP contribution in [0.25, 0.3) is 22.5 Å². The van der Waals surface area contributed by atoms with Crippen molar-refractivity contribution in [2.75, 3.05) is 0 Å². The average molecular weight is 703 g/mol. The molecule has 0 fully saturated rings. The quantitative estimate of drug-likeness (QED) is 0.315. The average Bonchev–Trinajstić information content (AvgIpc) is 2.88. The van der Waals surface area contributed by atoms with Gasteiger partial charge in [0, 0.05) is 22.0 Å². The van der Waals surface area contributed by atoms with Gasteiger partial charge < -0.3 is 19.8 Å². The van der Waals surface area contributed by atoms with E-state index in [1.54, 1.807) is 0 Å². The largest absolute Gasteiger partial charge is 3.00 e. The van der Waals surface area contributed by atoms with E-state index in [0.717, 1.165) is 11.1 Å². The number of nitrogens with zero attached hydrogens (tertiary/aromatic N) is 4. The van der Waals surface area contributed by atoms with Crippen LogP contribution in [0, 0.1) is 0 Å². The van der Waals surface area contributed by atoms with Crippen molar-refractivity contribution in [2.24, 2.45) is 0 Å². The minimum absolute atomic E-state index is 0. The second-order valence-electron chi connectivity index (χ2n) is 10.7. The normalized spacial score (nSPS) is 11.0. The van der Waals surface area contributed by atoms with Crippen molar-refractivity contribution >= 4 is 11.9 Å². The van der Waals surface area contributed by atoms with E-state index in [2.05, 4.69) is 19.9 Å². The van der Waals surface area contributed by atoms with Crippen molar-refractivity contribution in [3.63, 3.8) is 0 Å². The zero-order chi connectivity index (χ0) is 28.1. The van der Waals surface area contributed by atoms with Gasteiger partial charge in [-0.1, -0.05) is 102 Å². The van der Waals surface area contributed by atoms with E-state index in [-0.39, 0.29) is 42.6 Å². The molecule has 0 saturated heterocycles. The molecule has 9 heteroatoms. The van der Waals surface area contributed by atoms with E-state index in [4.69, 9.17) is 0 Å². The number of carboxylic acids is 2. The number of hydrogen-bond donors (Lipinski definition) is 0. The number of aromatic carboxylic acids is 2. The van der Waals surface area contributed by atoms with Crippen LogP contribution < -0.4 is 10.2 Å². The Morgan fingerprint density at radius 1 is 0.564 bits per heavy atom. The van der Waals surface area contributed by atoms with Gasteiger partial charge in [0.15, 0.2) is 11.6 Å². The third-order valence-electron chi connectivity index (χ3n) is 5.49. The van der Waals surface area contributed by atoms with Crippen molar-refractivity contribution in [3.05, 3.63) is 95.8 Å². The molecule has 0 bridgehead atoms. The first kappa shape index (κ1) is 31.4. The first-order valence-corrected chi connectivity index (χ1v) is 12.1. The predicted octanol–water partition coefficient (Wildman–Crippen LogP) is 3.61. The van der Waals surface area contributed by atoms with E-state index < -0.39 is 11.9 Å². The Morgan fingerprint density at radius 2 is 0.872 bits per heavy atom. The number of hydrogen-bond acceptors (Lipinski definition) is 8. The minimum Gasteiger partial charge on any atom is -0.542 e. The molecule has 2 aromatic heterocycles. The molecular weight excluding hydrogens is 673 g/mol. The zero-order valence-corrected chi connectivity index (χ0v) is 25.1. The molecule has 202 valence electrons. The van der Waals surface area contributed by atoms with Crippen molar-refractivity contribution in [2.45, 2.75) is 52.4 Å². The summed E-state index contributed by atoms with van der Waals surface area (Å²) in [6.07, 6.45) is 0. The molecule has 0 radical (unpaired) electrons. The molecule has 0 spiro atoms. The van der Waals surface area contributed by atoms with Crippen LogP contribution in [0.3, 0.4) is 0 Å². The first-order valence-electron chi connectivity index (χ1n) is 12.1. The van der Waals surface area contributed by atoms with Crippen molar-refractivity contribution in [1.82, 2.24) is 19.9 Å². The summed E-state index contributed by atoms with van der Waals surface area (Å²) in [6, 6.07) is 22.5. The van der Waals surface area contributed by atoms with Gasteiger partial charge in [-0.05, 0) is 12.1 Å². The summed E-state index contributed by atoms with van der Waals surface area (Å²) in [5.41, 5.74) is 3.77. The van der Waals surface area contributed by atoms with Crippen LogP contribution >= 0.6 is 0 Å². The number of carbonyl (C=O) groups excluding carboxylic acids is 2. The molecule has 0 saturated carbocycles. The van der Waals surface area contributed by atoms with Crippen molar-refractivity contribution in [3.8, 4) is 22.5 Å². The third-order valence-corrected chi connectivity index (χ3v) is 5.49. The van der Waals surface area contributed by atoms with E-state index in [1.165, 1.54) is 0 Å².